The monoisotopic (exact) mass is 413 g/mol. The van der Waals surface area contributed by atoms with Crippen LogP contribution in [0.15, 0.2) is 84.9 Å². The molecule has 3 aromatic carbocycles. The van der Waals surface area contributed by atoms with Crippen molar-refractivity contribution in [2.75, 3.05) is 6.61 Å². The number of carbonyl (C=O) groups is 2. The summed E-state index contributed by atoms with van der Waals surface area (Å²) in [6, 6.07) is 27.0. The maximum Gasteiger partial charge on any atom is 0.251 e. The maximum atomic E-state index is 12.6. The molecule has 0 bridgehead atoms. The molecule has 0 saturated heterocycles. The summed E-state index contributed by atoms with van der Waals surface area (Å²) in [6.07, 6.45) is 0.104. The Morgan fingerprint density at radius 2 is 1.65 bits per heavy atom. The zero-order chi connectivity index (χ0) is 21.9. The molecule has 0 radical (unpaired) electrons. The largest absolute Gasteiger partial charge is 0.479 e. The van der Waals surface area contributed by atoms with E-state index >= 15 is 0 Å². The van der Waals surface area contributed by atoms with E-state index in [0.717, 1.165) is 11.1 Å². The highest BCUT2D eigenvalue weighted by Gasteiger charge is 2.19. The first-order chi connectivity index (χ1) is 15.2. The second-order valence-corrected chi connectivity index (χ2v) is 6.88. The van der Waals surface area contributed by atoms with Crippen LogP contribution in [-0.2, 0) is 11.3 Å². The first-order valence-electron chi connectivity index (χ1n) is 9.92. The number of carbonyl (C=O) groups excluding carboxylic acids is 2. The van der Waals surface area contributed by atoms with Gasteiger partial charge in [0.25, 0.3) is 5.91 Å². The summed E-state index contributed by atoms with van der Waals surface area (Å²) >= 11 is 0. The third-order valence-electron chi connectivity index (χ3n) is 4.62. The predicted octanol–water partition coefficient (Wildman–Crippen LogP) is 3.77. The van der Waals surface area contributed by atoms with Crippen molar-refractivity contribution in [3.8, 4) is 11.8 Å². The van der Waals surface area contributed by atoms with Crippen LogP contribution in [-0.4, -0.2) is 18.4 Å². The van der Waals surface area contributed by atoms with Crippen LogP contribution in [0.3, 0.4) is 0 Å². The van der Waals surface area contributed by atoms with E-state index in [1.807, 2.05) is 48.5 Å². The zero-order valence-corrected chi connectivity index (χ0v) is 17.0. The van der Waals surface area contributed by atoms with Crippen LogP contribution in [0.5, 0.6) is 5.75 Å². The van der Waals surface area contributed by atoms with Gasteiger partial charge in [-0.25, -0.2) is 0 Å². The number of benzene rings is 3. The van der Waals surface area contributed by atoms with E-state index in [4.69, 9.17) is 10.00 Å². The Hall–Kier alpha value is -4.11. The van der Waals surface area contributed by atoms with Crippen molar-refractivity contribution in [3.63, 3.8) is 0 Å². The third-order valence-corrected chi connectivity index (χ3v) is 4.62. The number of nitrogens with one attached hydrogen (secondary N) is 2. The molecule has 0 spiro atoms. The lowest BCUT2D eigenvalue weighted by molar-refractivity contribution is -0.121. The molecule has 1 atom stereocenters. The molecule has 2 amide bonds. The van der Waals surface area contributed by atoms with Crippen molar-refractivity contribution < 1.29 is 14.3 Å². The Morgan fingerprint density at radius 1 is 0.935 bits per heavy atom. The third kappa shape index (κ3) is 6.72. The summed E-state index contributed by atoms with van der Waals surface area (Å²) in [5, 5.41) is 14.5. The lowest BCUT2D eigenvalue weighted by Crippen LogP contribution is -2.33. The van der Waals surface area contributed by atoms with Gasteiger partial charge in [-0.2, -0.15) is 5.26 Å². The molecule has 3 aromatic rings. The average Bonchev–Trinajstić information content (AvgIpc) is 2.82. The van der Waals surface area contributed by atoms with E-state index in [0.29, 0.717) is 17.9 Å². The topological polar surface area (TPSA) is 91.2 Å². The average molecular weight is 413 g/mol. The second kappa shape index (κ2) is 11.2. The molecular weight excluding hydrogens is 390 g/mol. The van der Waals surface area contributed by atoms with Gasteiger partial charge in [0.15, 0.2) is 6.61 Å². The minimum absolute atomic E-state index is 0.0321. The number of nitriles is 1. The molecule has 0 saturated carbocycles. The van der Waals surface area contributed by atoms with Gasteiger partial charge in [0.05, 0.1) is 12.5 Å². The molecule has 0 aliphatic heterocycles. The molecule has 31 heavy (non-hydrogen) atoms. The standard InChI is InChI=1S/C25H23N3O3/c26-14-15-31-22-13-7-8-19(16-22)18-27-24(29)17-23(20-9-3-1-4-10-20)28-25(30)21-11-5-2-6-12-21/h1-13,16,23H,15,17-18H2,(H,27,29)(H,28,30). The normalized spacial score (nSPS) is 11.1. The van der Waals surface area contributed by atoms with E-state index in [2.05, 4.69) is 10.6 Å². The van der Waals surface area contributed by atoms with E-state index < -0.39 is 6.04 Å². The highest BCUT2D eigenvalue weighted by atomic mass is 16.5. The molecular formula is C25H23N3O3. The molecule has 0 aliphatic rings. The van der Waals surface area contributed by atoms with Crippen molar-refractivity contribution in [1.29, 1.82) is 5.26 Å². The second-order valence-electron chi connectivity index (χ2n) is 6.88. The molecule has 3 rings (SSSR count). The summed E-state index contributed by atoms with van der Waals surface area (Å²) in [4.78, 5) is 25.3. The molecule has 0 aromatic heterocycles. The molecule has 0 heterocycles. The lowest BCUT2D eigenvalue weighted by Gasteiger charge is -2.19. The highest BCUT2D eigenvalue weighted by Crippen LogP contribution is 2.18. The summed E-state index contributed by atoms with van der Waals surface area (Å²) < 4.78 is 5.29. The van der Waals surface area contributed by atoms with Gasteiger partial charge in [-0.1, -0.05) is 60.7 Å². The first-order valence-corrected chi connectivity index (χ1v) is 9.92. The Kier molecular flexibility index (Phi) is 7.78. The fourth-order valence-electron chi connectivity index (χ4n) is 3.09. The molecule has 0 aliphatic carbocycles. The first kappa shape index (κ1) is 21.6. The number of amides is 2. The van der Waals surface area contributed by atoms with E-state index in [9.17, 15) is 9.59 Å². The van der Waals surface area contributed by atoms with Gasteiger partial charge in [-0.15, -0.1) is 0 Å². The fourth-order valence-corrected chi connectivity index (χ4v) is 3.09. The summed E-state index contributed by atoms with van der Waals surface area (Å²) in [7, 11) is 0. The molecule has 6 heteroatoms. The number of rotatable bonds is 9. The number of hydrogen-bond acceptors (Lipinski definition) is 4. The minimum Gasteiger partial charge on any atom is -0.479 e. The minimum atomic E-state index is -0.459. The summed E-state index contributed by atoms with van der Waals surface area (Å²) in [6.45, 7) is 0.284. The molecule has 2 N–H and O–H groups in total. The van der Waals surface area contributed by atoms with Gasteiger partial charge in [-0.05, 0) is 35.4 Å². The Bertz CT molecular complexity index is 1050. The molecule has 1 unspecified atom stereocenters. The van der Waals surface area contributed by atoms with Crippen LogP contribution in [0.4, 0.5) is 0 Å². The fraction of sp³-hybridized carbons (Fsp3) is 0.160. The van der Waals surface area contributed by atoms with E-state index in [-0.39, 0.29) is 24.8 Å². The number of nitrogens with zero attached hydrogens (tertiary/aromatic N) is 1. The van der Waals surface area contributed by atoms with Crippen LogP contribution < -0.4 is 15.4 Å². The molecule has 156 valence electrons. The molecule has 0 fully saturated rings. The Balaban J connectivity index is 1.63. The zero-order valence-electron chi connectivity index (χ0n) is 17.0. The van der Waals surface area contributed by atoms with Gasteiger partial charge < -0.3 is 15.4 Å². The predicted molar refractivity (Wildman–Crippen MR) is 117 cm³/mol. The maximum absolute atomic E-state index is 12.6. The number of ether oxygens (including phenoxy) is 1. The van der Waals surface area contributed by atoms with Crippen molar-refractivity contribution in [3.05, 3.63) is 102 Å². The Labute approximate surface area is 181 Å². The quantitative estimate of drug-likeness (QED) is 0.559. The lowest BCUT2D eigenvalue weighted by atomic mass is 10.0. The van der Waals surface area contributed by atoms with Crippen molar-refractivity contribution >= 4 is 11.8 Å². The van der Waals surface area contributed by atoms with E-state index in [1.165, 1.54) is 0 Å². The van der Waals surface area contributed by atoms with Crippen LogP contribution in [0.1, 0.15) is 33.9 Å². The van der Waals surface area contributed by atoms with Crippen molar-refractivity contribution in [2.45, 2.75) is 19.0 Å². The summed E-state index contributed by atoms with van der Waals surface area (Å²) in [5.41, 5.74) is 2.25. The van der Waals surface area contributed by atoms with Crippen LogP contribution in [0, 0.1) is 11.3 Å². The van der Waals surface area contributed by atoms with Gasteiger partial charge in [-0.3, -0.25) is 9.59 Å². The van der Waals surface area contributed by atoms with Crippen LogP contribution in [0.2, 0.25) is 0 Å². The van der Waals surface area contributed by atoms with Crippen LogP contribution >= 0.6 is 0 Å². The van der Waals surface area contributed by atoms with Gasteiger partial charge >= 0.3 is 0 Å². The smallest absolute Gasteiger partial charge is 0.251 e. The van der Waals surface area contributed by atoms with Gasteiger partial charge in [0.2, 0.25) is 5.91 Å². The van der Waals surface area contributed by atoms with E-state index in [1.54, 1.807) is 42.5 Å². The summed E-state index contributed by atoms with van der Waals surface area (Å²) in [5.74, 6) is 0.153. The van der Waals surface area contributed by atoms with Crippen molar-refractivity contribution in [1.82, 2.24) is 10.6 Å². The van der Waals surface area contributed by atoms with Gasteiger partial charge in [0.1, 0.15) is 11.8 Å². The van der Waals surface area contributed by atoms with Crippen LogP contribution in [0.25, 0.3) is 0 Å². The SMILES string of the molecule is N#CCOc1cccc(CNC(=O)CC(NC(=O)c2ccccc2)c2ccccc2)c1. The van der Waals surface area contributed by atoms with Crippen molar-refractivity contribution in [2.24, 2.45) is 0 Å². The van der Waals surface area contributed by atoms with Gasteiger partial charge in [0, 0.05) is 12.1 Å². The highest BCUT2D eigenvalue weighted by molar-refractivity contribution is 5.94. The number of hydrogen-bond donors (Lipinski definition) is 2. The Morgan fingerprint density at radius 3 is 2.35 bits per heavy atom. The molecule has 6 nitrogen and oxygen atoms in total.